The second-order valence-electron chi connectivity index (χ2n) is 7.68. The Kier molecular flexibility index (Phi) is 14.0. The normalized spacial score (nSPS) is 13.9. The van der Waals surface area contributed by atoms with Gasteiger partial charge >= 0.3 is 11.9 Å². The minimum atomic E-state index is -1.49. The SMILES string of the molecule is CC(NC(=O)C(CCC(N)=O)NC(=O)C(N)CCCN=C(N)N)C(=O)NC(CCC(=O)O)C(=O)O. The Morgan fingerprint density at radius 2 is 1.37 bits per heavy atom. The molecular weight excluding hydrogens is 468 g/mol. The molecule has 4 amide bonds. The predicted molar refractivity (Wildman–Crippen MR) is 122 cm³/mol. The Labute approximate surface area is 201 Å². The average molecular weight is 503 g/mol. The van der Waals surface area contributed by atoms with Crippen LogP contribution in [0.15, 0.2) is 4.99 Å². The molecule has 0 radical (unpaired) electrons. The molecule has 16 nitrogen and oxygen atoms in total. The number of carbonyl (C=O) groups is 6. The number of aliphatic carboxylic acids is 2. The number of aliphatic imine (C=N–C) groups is 1. The lowest BCUT2D eigenvalue weighted by molar-refractivity contribution is -0.143. The van der Waals surface area contributed by atoms with E-state index in [2.05, 4.69) is 20.9 Å². The molecule has 4 atom stereocenters. The predicted octanol–water partition coefficient (Wildman–Crippen LogP) is -3.94. The number of nitrogens with two attached hydrogens (primary N) is 4. The van der Waals surface area contributed by atoms with Gasteiger partial charge in [-0.25, -0.2) is 4.79 Å². The van der Waals surface area contributed by atoms with Crippen LogP contribution in [0.5, 0.6) is 0 Å². The fourth-order valence-corrected chi connectivity index (χ4v) is 2.69. The van der Waals surface area contributed by atoms with E-state index < -0.39 is 66.2 Å². The summed E-state index contributed by atoms with van der Waals surface area (Å²) in [5.41, 5.74) is 21.3. The van der Waals surface area contributed by atoms with Crippen LogP contribution in [0, 0.1) is 0 Å². The smallest absolute Gasteiger partial charge is 0.326 e. The van der Waals surface area contributed by atoms with Crippen molar-refractivity contribution < 1.29 is 39.0 Å². The van der Waals surface area contributed by atoms with Crippen LogP contribution in [0.3, 0.4) is 0 Å². The third-order valence-corrected chi connectivity index (χ3v) is 4.63. The van der Waals surface area contributed by atoms with Crippen LogP contribution in [0.4, 0.5) is 0 Å². The zero-order chi connectivity index (χ0) is 27.1. The molecule has 0 rings (SSSR count). The number of carboxylic acids is 2. The number of nitrogens with one attached hydrogen (secondary N) is 3. The standard InChI is InChI=1S/C19H34N8O8/c1-9(15(31)27-12(18(34)35)5-7-14(29)30)25-17(33)11(4-6-13(21)28)26-16(32)10(20)3-2-8-24-19(22)23/h9-12H,2-8,20H2,1H3,(H2,21,28)(H,25,33)(H,26,32)(H,27,31)(H,29,30)(H,34,35)(H4,22,23,24). The van der Waals surface area contributed by atoms with Gasteiger partial charge in [0.2, 0.25) is 23.6 Å². The number of nitrogens with zero attached hydrogens (tertiary/aromatic N) is 1. The monoisotopic (exact) mass is 502 g/mol. The van der Waals surface area contributed by atoms with Gasteiger partial charge in [0.1, 0.15) is 18.1 Å². The third kappa shape index (κ3) is 14.0. The van der Waals surface area contributed by atoms with Crippen LogP contribution in [0.25, 0.3) is 0 Å². The van der Waals surface area contributed by atoms with Gasteiger partial charge in [0.15, 0.2) is 5.96 Å². The largest absolute Gasteiger partial charge is 0.481 e. The molecule has 0 bridgehead atoms. The van der Waals surface area contributed by atoms with Crippen molar-refractivity contribution in [3.63, 3.8) is 0 Å². The fraction of sp³-hybridized carbons (Fsp3) is 0.632. The first-order valence-corrected chi connectivity index (χ1v) is 10.7. The zero-order valence-electron chi connectivity index (χ0n) is 19.4. The maximum absolute atomic E-state index is 12.7. The number of primary amides is 1. The van der Waals surface area contributed by atoms with Gasteiger partial charge in [0.05, 0.1) is 6.04 Å². The van der Waals surface area contributed by atoms with E-state index in [1.54, 1.807) is 0 Å². The van der Waals surface area contributed by atoms with E-state index in [9.17, 15) is 28.8 Å². The van der Waals surface area contributed by atoms with E-state index in [1.165, 1.54) is 6.92 Å². The van der Waals surface area contributed by atoms with Crippen molar-refractivity contribution in [2.45, 2.75) is 69.6 Å². The van der Waals surface area contributed by atoms with Crippen molar-refractivity contribution in [2.24, 2.45) is 27.9 Å². The van der Waals surface area contributed by atoms with Crippen LogP contribution in [-0.2, 0) is 28.8 Å². The van der Waals surface area contributed by atoms with Crippen LogP contribution < -0.4 is 38.9 Å². The average Bonchev–Trinajstić information content (AvgIpc) is 2.75. The van der Waals surface area contributed by atoms with Crippen LogP contribution in [0.1, 0.15) is 45.4 Å². The zero-order valence-corrected chi connectivity index (χ0v) is 19.4. The van der Waals surface area contributed by atoms with Gasteiger partial charge in [0.25, 0.3) is 0 Å². The summed E-state index contributed by atoms with van der Waals surface area (Å²) in [6.45, 7) is 1.50. The van der Waals surface area contributed by atoms with Crippen LogP contribution in [-0.4, -0.2) is 82.5 Å². The highest BCUT2D eigenvalue weighted by Crippen LogP contribution is 2.03. The van der Waals surface area contributed by atoms with Gasteiger partial charge in [-0.2, -0.15) is 0 Å². The van der Waals surface area contributed by atoms with Crippen LogP contribution >= 0.6 is 0 Å². The molecule has 13 N–H and O–H groups in total. The highest BCUT2D eigenvalue weighted by atomic mass is 16.4. The van der Waals surface area contributed by atoms with Gasteiger partial charge < -0.3 is 49.1 Å². The Hall–Kier alpha value is -3.95. The number of hydrogen-bond donors (Lipinski definition) is 9. The van der Waals surface area contributed by atoms with Crippen molar-refractivity contribution in [1.82, 2.24) is 16.0 Å². The lowest BCUT2D eigenvalue weighted by Crippen LogP contribution is -2.56. The molecule has 0 aliphatic rings. The molecule has 0 saturated heterocycles. The molecule has 0 aromatic rings. The van der Waals surface area contributed by atoms with Gasteiger partial charge in [-0.05, 0) is 32.6 Å². The third-order valence-electron chi connectivity index (χ3n) is 4.63. The van der Waals surface area contributed by atoms with Gasteiger partial charge in [-0.15, -0.1) is 0 Å². The molecule has 0 spiro atoms. The molecule has 0 aliphatic carbocycles. The fourth-order valence-electron chi connectivity index (χ4n) is 2.69. The number of carbonyl (C=O) groups excluding carboxylic acids is 4. The first kappa shape index (κ1) is 31.0. The molecular formula is C19H34N8O8. The maximum Gasteiger partial charge on any atom is 0.326 e. The number of guanidine groups is 1. The number of rotatable bonds is 17. The van der Waals surface area contributed by atoms with Crippen molar-refractivity contribution in [3.8, 4) is 0 Å². The van der Waals surface area contributed by atoms with E-state index in [4.69, 9.17) is 33.1 Å². The van der Waals surface area contributed by atoms with Crippen molar-refractivity contribution in [3.05, 3.63) is 0 Å². The molecule has 0 aliphatic heterocycles. The van der Waals surface area contributed by atoms with Gasteiger partial charge in [-0.1, -0.05) is 0 Å². The molecule has 0 aromatic heterocycles. The van der Waals surface area contributed by atoms with E-state index >= 15 is 0 Å². The summed E-state index contributed by atoms with van der Waals surface area (Å²) in [7, 11) is 0. The highest BCUT2D eigenvalue weighted by molar-refractivity contribution is 5.94. The molecule has 0 saturated carbocycles. The molecule has 35 heavy (non-hydrogen) atoms. The van der Waals surface area contributed by atoms with Crippen molar-refractivity contribution >= 4 is 41.5 Å². The molecule has 0 aromatic carbocycles. The summed E-state index contributed by atoms with van der Waals surface area (Å²) in [5.74, 6) is -5.96. The number of hydrogen-bond acceptors (Lipinski definition) is 8. The maximum atomic E-state index is 12.7. The van der Waals surface area contributed by atoms with Crippen molar-refractivity contribution in [1.29, 1.82) is 0 Å². The summed E-state index contributed by atoms with van der Waals surface area (Å²) < 4.78 is 0. The summed E-state index contributed by atoms with van der Waals surface area (Å²) in [5, 5.41) is 24.7. The molecule has 0 fully saturated rings. The van der Waals surface area contributed by atoms with Gasteiger partial charge in [0, 0.05) is 19.4 Å². The quantitative estimate of drug-likeness (QED) is 0.0525. The Bertz CT molecular complexity index is 815. The van der Waals surface area contributed by atoms with E-state index in [0.717, 1.165) is 0 Å². The lowest BCUT2D eigenvalue weighted by Gasteiger charge is -2.23. The van der Waals surface area contributed by atoms with E-state index in [-0.39, 0.29) is 38.2 Å². The highest BCUT2D eigenvalue weighted by Gasteiger charge is 2.28. The summed E-state index contributed by atoms with van der Waals surface area (Å²) in [6.07, 6.45) is -0.721. The first-order chi connectivity index (χ1) is 16.2. The Balaban J connectivity index is 5.09. The van der Waals surface area contributed by atoms with Crippen molar-refractivity contribution in [2.75, 3.05) is 6.54 Å². The summed E-state index contributed by atoms with van der Waals surface area (Å²) in [4.78, 5) is 74.2. The van der Waals surface area contributed by atoms with Gasteiger partial charge in [-0.3, -0.25) is 29.0 Å². The molecule has 198 valence electrons. The number of carboxylic acid groups (broad SMARTS) is 2. The van der Waals surface area contributed by atoms with E-state index in [0.29, 0.717) is 6.42 Å². The second-order valence-corrected chi connectivity index (χ2v) is 7.68. The first-order valence-electron chi connectivity index (χ1n) is 10.7. The summed E-state index contributed by atoms with van der Waals surface area (Å²) in [6, 6.07) is -5.02. The minimum absolute atomic E-state index is 0.110. The molecule has 4 unspecified atom stereocenters. The Morgan fingerprint density at radius 1 is 0.800 bits per heavy atom. The lowest BCUT2D eigenvalue weighted by atomic mass is 10.1. The summed E-state index contributed by atoms with van der Waals surface area (Å²) >= 11 is 0. The van der Waals surface area contributed by atoms with E-state index in [1.807, 2.05) is 0 Å². The number of amides is 4. The topological polar surface area (TPSA) is 295 Å². The van der Waals surface area contributed by atoms with Crippen LogP contribution in [0.2, 0.25) is 0 Å². The molecule has 16 heteroatoms. The minimum Gasteiger partial charge on any atom is -0.481 e. The molecule has 0 heterocycles. The Morgan fingerprint density at radius 3 is 1.89 bits per heavy atom. The second kappa shape index (κ2) is 15.8.